The lowest BCUT2D eigenvalue weighted by Crippen LogP contribution is -2.37. The molecule has 4 rings (SSSR count). The maximum absolute atomic E-state index is 12.7. The first-order valence-corrected chi connectivity index (χ1v) is 8.88. The number of benzene rings is 1. The van der Waals surface area contributed by atoms with Crippen molar-refractivity contribution in [1.29, 1.82) is 0 Å². The van der Waals surface area contributed by atoms with Gasteiger partial charge in [-0.2, -0.15) is 5.10 Å². The lowest BCUT2D eigenvalue weighted by Gasteiger charge is -2.27. The summed E-state index contributed by atoms with van der Waals surface area (Å²) in [5, 5.41) is 6.52. The molecule has 1 amide bonds. The van der Waals surface area contributed by atoms with Crippen LogP contribution in [0.15, 0.2) is 41.8 Å². The molecule has 2 aromatic heterocycles. The average molecular weight is 338 g/mol. The van der Waals surface area contributed by atoms with E-state index < -0.39 is 0 Å². The minimum absolute atomic E-state index is 0.0916. The fourth-order valence-corrected chi connectivity index (χ4v) is 3.95. The molecule has 1 aromatic carbocycles. The zero-order valence-corrected chi connectivity index (χ0v) is 14.3. The van der Waals surface area contributed by atoms with Gasteiger partial charge in [0.1, 0.15) is 12.4 Å². The summed E-state index contributed by atoms with van der Waals surface area (Å²) in [6, 6.07) is 12.0. The summed E-state index contributed by atoms with van der Waals surface area (Å²) in [5.41, 5.74) is 2.25. The van der Waals surface area contributed by atoms with Gasteiger partial charge in [-0.25, -0.2) is 9.67 Å². The first kappa shape index (κ1) is 15.1. The smallest absolute Gasteiger partial charge is 0.244 e. The molecule has 0 saturated carbocycles. The van der Waals surface area contributed by atoms with Gasteiger partial charge in [0.2, 0.25) is 5.91 Å². The number of carbonyl (C=O) groups is 1. The summed E-state index contributed by atoms with van der Waals surface area (Å²) >= 11 is 1.78. The molecule has 0 fully saturated rings. The van der Waals surface area contributed by atoms with Crippen LogP contribution in [0, 0.1) is 6.92 Å². The van der Waals surface area contributed by atoms with Crippen molar-refractivity contribution in [2.75, 3.05) is 6.54 Å². The second-order valence-corrected chi connectivity index (χ2v) is 6.94. The highest BCUT2D eigenvalue weighted by molar-refractivity contribution is 7.10. The van der Waals surface area contributed by atoms with E-state index in [1.807, 2.05) is 42.2 Å². The number of aryl methyl sites for hydroxylation is 1. The van der Waals surface area contributed by atoms with E-state index in [2.05, 4.69) is 21.5 Å². The van der Waals surface area contributed by atoms with Crippen molar-refractivity contribution in [1.82, 2.24) is 19.7 Å². The lowest BCUT2D eigenvalue weighted by atomic mass is 10.1. The van der Waals surface area contributed by atoms with E-state index in [0.717, 1.165) is 24.4 Å². The first-order valence-electron chi connectivity index (χ1n) is 8.00. The predicted octanol–water partition coefficient (Wildman–Crippen LogP) is 2.90. The standard InChI is InChI=1S/C18H18N4OS/c1-13-19-18(14-5-3-2-4-6-14)22(20-13)12-17(23)21-9-7-16-15(11-21)8-10-24-16/h2-6,8,10H,7,9,11-12H2,1H3. The first-order chi connectivity index (χ1) is 11.7. The van der Waals surface area contributed by atoms with Crippen molar-refractivity contribution < 1.29 is 4.79 Å². The summed E-state index contributed by atoms with van der Waals surface area (Å²) in [7, 11) is 0. The molecule has 0 N–H and O–H groups in total. The SMILES string of the molecule is Cc1nc(-c2ccccc2)n(CC(=O)N2CCc3sccc3C2)n1. The molecule has 122 valence electrons. The van der Waals surface area contributed by atoms with Crippen LogP contribution in [0.5, 0.6) is 0 Å². The topological polar surface area (TPSA) is 51.0 Å². The number of amides is 1. The van der Waals surface area contributed by atoms with Crippen molar-refractivity contribution in [3.63, 3.8) is 0 Å². The summed E-state index contributed by atoms with van der Waals surface area (Å²) in [6.07, 6.45) is 0.945. The highest BCUT2D eigenvalue weighted by atomic mass is 32.1. The van der Waals surface area contributed by atoms with Gasteiger partial charge in [-0.3, -0.25) is 4.79 Å². The van der Waals surface area contributed by atoms with E-state index in [1.165, 1.54) is 10.4 Å². The van der Waals surface area contributed by atoms with Gasteiger partial charge in [0.15, 0.2) is 5.82 Å². The normalized spacial score (nSPS) is 13.8. The maximum atomic E-state index is 12.7. The Morgan fingerprint density at radius 1 is 1.25 bits per heavy atom. The van der Waals surface area contributed by atoms with Gasteiger partial charge in [-0.1, -0.05) is 30.3 Å². The molecule has 3 aromatic rings. The van der Waals surface area contributed by atoms with Crippen LogP contribution in [0.1, 0.15) is 16.3 Å². The lowest BCUT2D eigenvalue weighted by molar-refractivity contribution is -0.132. The third-order valence-corrected chi connectivity index (χ3v) is 5.28. The number of hydrogen-bond donors (Lipinski definition) is 0. The third kappa shape index (κ3) is 2.85. The second kappa shape index (κ2) is 6.20. The molecule has 6 heteroatoms. The highest BCUT2D eigenvalue weighted by Gasteiger charge is 2.23. The minimum atomic E-state index is 0.0916. The number of hydrogen-bond acceptors (Lipinski definition) is 4. The van der Waals surface area contributed by atoms with Crippen molar-refractivity contribution in [2.24, 2.45) is 0 Å². The number of fused-ring (bicyclic) bond motifs is 1. The Bertz CT molecular complexity index is 868. The molecule has 24 heavy (non-hydrogen) atoms. The molecule has 1 aliphatic heterocycles. The summed E-state index contributed by atoms with van der Waals surface area (Å²) in [5.74, 6) is 1.52. The highest BCUT2D eigenvalue weighted by Crippen LogP contribution is 2.24. The zero-order valence-electron chi connectivity index (χ0n) is 13.5. The summed E-state index contributed by atoms with van der Waals surface area (Å²) < 4.78 is 1.72. The minimum Gasteiger partial charge on any atom is -0.336 e. The molecule has 0 atom stereocenters. The van der Waals surface area contributed by atoms with Crippen molar-refractivity contribution in [3.8, 4) is 11.4 Å². The van der Waals surface area contributed by atoms with Gasteiger partial charge in [0.05, 0.1) is 0 Å². The van der Waals surface area contributed by atoms with E-state index in [4.69, 9.17) is 0 Å². The van der Waals surface area contributed by atoms with Crippen molar-refractivity contribution in [3.05, 3.63) is 58.0 Å². The quantitative estimate of drug-likeness (QED) is 0.738. The molecular formula is C18H18N4OS. The van der Waals surface area contributed by atoms with Gasteiger partial charge in [-0.05, 0) is 30.4 Å². The zero-order chi connectivity index (χ0) is 16.5. The summed E-state index contributed by atoms with van der Waals surface area (Å²) in [4.78, 5) is 20.5. The molecule has 0 aliphatic carbocycles. The molecule has 3 heterocycles. The second-order valence-electron chi connectivity index (χ2n) is 5.94. The Morgan fingerprint density at radius 3 is 2.92 bits per heavy atom. The number of nitrogens with zero attached hydrogens (tertiary/aromatic N) is 4. The third-order valence-electron chi connectivity index (χ3n) is 4.26. The Labute approximate surface area is 144 Å². The van der Waals surface area contributed by atoms with Gasteiger partial charge >= 0.3 is 0 Å². The number of rotatable bonds is 3. The fourth-order valence-electron chi connectivity index (χ4n) is 3.06. The Balaban J connectivity index is 1.55. The monoisotopic (exact) mass is 338 g/mol. The van der Waals surface area contributed by atoms with Crippen LogP contribution in [0.4, 0.5) is 0 Å². The molecule has 5 nitrogen and oxygen atoms in total. The van der Waals surface area contributed by atoms with Crippen molar-refractivity contribution in [2.45, 2.75) is 26.4 Å². The molecule has 0 bridgehead atoms. The number of thiophene rings is 1. The largest absolute Gasteiger partial charge is 0.336 e. The van der Waals surface area contributed by atoms with Crippen LogP contribution in [0.2, 0.25) is 0 Å². The van der Waals surface area contributed by atoms with Crippen LogP contribution in [0.25, 0.3) is 11.4 Å². The predicted molar refractivity (Wildman–Crippen MR) is 93.6 cm³/mol. The van der Waals surface area contributed by atoms with E-state index in [1.54, 1.807) is 16.0 Å². The van der Waals surface area contributed by atoms with E-state index in [9.17, 15) is 4.79 Å². The van der Waals surface area contributed by atoms with Crippen LogP contribution in [-0.4, -0.2) is 32.1 Å². The van der Waals surface area contributed by atoms with Crippen LogP contribution >= 0.6 is 11.3 Å². The van der Waals surface area contributed by atoms with Gasteiger partial charge < -0.3 is 4.90 Å². The Morgan fingerprint density at radius 2 is 2.08 bits per heavy atom. The maximum Gasteiger partial charge on any atom is 0.244 e. The number of carbonyl (C=O) groups excluding carboxylic acids is 1. The van der Waals surface area contributed by atoms with E-state index in [0.29, 0.717) is 12.4 Å². The molecule has 0 spiro atoms. The fraction of sp³-hybridized carbons (Fsp3) is 0.278. The van der Waals surface area contributed by atoms with Crippen LogP contribution in [-0.2, 0) is 24.3 Å². The van der Waals surface area contributed by atoms with Crippen LogP contribution < -0.4 is 0 Å². The Kier molecular flexibility index (Phi) is 3.90. The van der Waals surface area contributed by atoms with E-state index in [-0.39, 0.29) is 12.5 Å². The van der Waals surface area contributed by atoms with Gasteiger partial charge in [0.25, 0.3) is 0 Å². The van der Waals surface area contributed by atoms with Gasteiger partial charge in [-0.15, -0.1) is 11.3 Å². The summed E-state index contributed by atoms with van der Waals surface area (Å²) in [6.45, 7) is 3.56. The van der Waals surface area contributed by atoms with Crippen molar-refractivity contribution >= 4 is 17.2 Å². The van der Waals surface area contributed by atoms with E-state index >= 15 is 0 Å². The molecule has 0 unspecified atom stereocenters. The Hall–Kier alpha value is -2.47. The molecule has 1 aliphatic rings. The van der Waals surface area contributed by atoms with Gasteiger partial charge in [0, 0.05) is 23.5 Å². The molecular weight excluding hydrogens is 320 g/mol. The van der Waals surface area contributed by atoms with Crippen LogP contribution in [0.3, 0.4) is 0 Å². The molecule has 0 radical (unpaired) electrons. The average Bonchev–Trinajstić information content (AvgIpc) is 3.21. The number of aromatic nitrogens is 3. The molecule has 0 saturated heterocycles.